The molecule has 1 amide bonds. The van der Waals surface area contributed by atoms with Gasteiger partial charge in [-0.1, -0.05) is 25.0 Å². The Morgan fingerprint density at radius 3 is 2.59 bits per heavy atom. The number of carboxylic acids is 1. The van der Waals surface area contributed by atoms with Gasteiger partial charge in [-0.25, -0.2) is 17.9 Å². The highest BCUT2D eigenvalue weighted by atomic mass is 32.2. The monoisotopic (exact) mass is 394 g/mol. The van der Waals surface area contributed by atoms with Crippen molar-refractivity contribution in [3.05, 3.63) is 35.4 Å². The van der Waals surface area contributed by atoms with Gasteiger partial charge in [0.25, 0.3) is 0 Å². The van der Waals surface area contributed by atoms with Crippen LogP contribution in [0.15, 0.2) is 24.3 Å². The largest absolute Gasteiger partial charge is 0.478 e. The molecule has 0 radical (unpaired) electrons. The third-order valence-corrected chi connectivity index (χ3v) is 7.29. The Balaban J connectivity index is 1.61. The number of sulfonamides is 1. The molecule has 2 fully saturated rings. The molecule has 7 nitrogen and oxygen atoms in total. The van der Waals surface area contributed by atoms with Crippen LogP contribution in [0, 0.1) is 5.92 Å². The van der Waals surface area contributed by atoms with Crippen LogP contribution in [0.3, 0.4) is 0 Å². The maximum absolute atomic E-state index is 12.7. The van der Waals surface area contributed by atoms with Gasteiger partial charge < -0.3 is 10.0 Å². The number of nitrogens with zero attached hydrogens (tertiary/aromatic N) is 1. The maximum atomic E-state index is 12.7. The van der Waals surface area contributed by atoms with E-state index in [1.54, 1.807) is 17.0 Å². The number of amides is 1. The molecule has 2 aliphatic rings. The summed E-state index contributed by atoms with van der Waals surface area (Å²) in [5.74, 6) is -0.896. The summed E-state index contributed by atoms with van der Waals surface area (Å²) in [6.45, 7) is 0.901. The minimum atomic E-state index is -3.60. The average Bonchev–Trinajstić information content (AvgIpc) is 3.21. The van der Waals surface area contributed by atoms with Crippen molar-refractivity contribution >= 4 is 21.9 Å². The van der Waals surface area contributed by atoms with E-state index in [0.717, 1.165) is 25.7 Å². The lowest BCUT2D eigenvalue weighted by Crippen LogP contribution is -2.49. The highest BCUT2D eigenvalue weighted by Crippen LogP contribution is 2.28. The molecule has 1 unspecified atom stereocenters. The van der Waals surface area contributed by atoms with E-state index in [9.17, 15) is 18.0 Å². The Bertz CT molecular complexity index is 802. The summed E-state index contributed by atoms with van der Waals surface area (Å²) in [5, 5.41) is 8.41. The zero-order valence-corrected chi connectivity index (χ0v) is 16.1. The van der Waals surface area contributed by atoms with Gasteiger partial charge in [0.1, 0.15) is 0 Å². The van der Waals surface area contributed by atoms with Crippen LogP contribution in [0.4, 0.5) is 0 Å². The zero-order valence-electron chi connectivity index (χ0n) is 15.3. The predicted octanol–water partition coefficient (Wildman–Crippen LogP) is 1.99. The Kier molecular flexibility index (Phi) is 6.16. The lowest BCUT2D eigenvalue weighted by atomic mass is 10.0. The molecule has 1 aromatic rings. The van der Waals surface area contributed by atoms with Crippen LogP contribution in [0.2, 0.25) is 0 Å². The second-order valence-electron chi connectivity index (χ2n) is 7.40. The molecule has 148 valence electrons. The van der Waals surface area contributed by atoms with Crippen molar-refractivity contribution in [2.75, 3.05) is 13.1 Å². The van der Waals surface area contributed by atoms with Crippen molar-refractivity contribution in [1.29, 1.82) is 0 Å². The fourth-order valence-electron chi connectivity index (χ4n) is 3.94. The number of carbonyl (C=O) groups excluding carboxylic acids is 1. The predicted molar refractivity (Wildman–Crippen MR) is 101 cm³/mol. The van der Waals surface area contributed by atoms with E-state index in [0.29, 0.717) is 24.9 Å². The highest BCUT2D eigenvalue weighted by molar-refractivity contribution is 7.90. The minimum absolute atomic E-state index is 0.0382. The summed E-state index contributed by atoms with van der Waals surface area (Å²) in [7, 11) is -3.60. The number of carbonyl (C=O) groups is 2. The van der Waals surface area contributed by atoms with E-state index in [1.165, 1.54) is 12.1 Å². The molecule has 0 bridgehead atoms. The van der Waals surface area contributed by atoms with E-state index >= 15 is 0 Å². The summed E-state index contributed by atoms with van der Waals surface area (Å²) < 4.78 is 28.0. The van der Waals surface area contributed by atoms with Crippen molar-refractivity contribution in [2.45, 2.75) is 50.3 Å². The Labute approximate surface area is 159 Å². The molecule has 1 saturated heterocycles. The van der Waals surface area contributed by atoms with Crippen molar-refractivity contribution < 1.29 is 23.1 Å². The Morgan fingerprint density at radius 1 is 1.15 bits per heavy atom. The van der Waals surface area contributed by atoms with Gasteiger partial charge in [0.15, 0.2) is 0 Å². The van der Waals surface area contributed by atoms with Crippen LogP contribution in [0.1, 0.15) is 54.4 Å². The van der Waals surface area contributed by atoms with Gasteiger partial charge in [0, 0.05) is 25.6 Å². The number of hydrogen-bond donors (Lipinski definition) is 2. The standard InChI is InChI=1S/C19H26N2O5S/c22-18(15-6-1-2-7-15)21-10-4-9-17(13-21)27(25,26)20-12-14-5-3-8-16(11-14)19(23)24/h3,5,8,11,15,17,20H,1-2,4,6-7,9-10,12-13H2,(H,23,24). The zero-order chi connectivity index (χ0) is 19.4. The Hall–Kier alpha value is -1.93. The van der Waals surface area contributed by atoms with Gasteiger partial charge in [-0.05, 0) is 43.4 Å². The highest BCUT2D eigenvalue weighted by Gasteiger charge is 2.35. The van der Waals surface area contributed by atoms with E-state index in [2.05, 4.69) is 4.72 Å². The summed E-state index contributed by atoms with van der Waals surface area (Å²) in [4.78, 5) is 25.4. The molecule has 1 atom stereocenters. The topological polar surface area (TPSA) is 104 Å². The summed E-state index contributed by atoms with van der Waals surface area (Å²) >= 11 is 0. The van der Waals surface area contributed by atoms with Crippen molar-refractivity contribution in [1.82, 2.24) is 9.62 Å². The quantitative estimate of drug-likeness (QED) is 0.768. The van der Waals surface area contributed by atoms with Gasteiger partial charge in [-0.3, -0.25) is 4.79 Å². The first-order valence-electron chi connectivity index (χ1n) is 9.46. The summed E-state index contributed by atoms with van der Waals surface area (Å²) in [6.07, 6.45) is 5.17. The van der Waals surface area contributed by atoms with Gasteiger partial charge in [0.05, 0.1) is 10.8 Å². The SMILES string of the molecule is O=C(O)c1cccc(CNS(=O)(=O)C2CCCN(C(=O)C3CCCC3)C2)c1. The number of hydrogen-bond acceptors (Lipinski definition) is 4. The average molecular weight is 394 g/mol. The second kappa shape index (κ2) is 8.39. The first-order chi connectivity index (χ1) is 12.9. The molecule has 2 N–H and O–H groups in total. The third kappa shape index (κ3) is 4.87. The van der Waals surface area contributed by atoms with E-state index in [-0.39, 0.29) is 30.5 Å². The second-order valence-corrected chi connectivity index (χ2v) is 9.45. The lowest BCUT2D eigenvalue weighted by Gasteiger charge is -2.34. The molecule has 1 aliphatic heterocycles. The van der Waals surface area contributed by atoms with Gasteiger partial charge >= 0.3 is 5.97 Å². The van der Waals surface area contributed by atoms with Gasteiger partial charge in [-0.15, -0.1) is 0 Å². The Morgan fingerprint density at radius 2 is 1.89 bits per heavy atom. The van der Waals surface area contributed by atoms with Crippen molar-refractivity contribution in [2.24, 2.45) is 5.92 Å². The number of benzene rings is 1. The summed E-state index contributed by atoms with van der Waals surface area (Å²) in [5.41, 5.74) is 0.714. The number of piperidine rings is 1. The first-order valence-corrected chi connectivity index (χ1v) is 11.0. The molecule has 1 aromatic carbocycles. The minimum Gasteiger partial charge on any atom is -0.478 e. The van der Waals surface area contributed by atoms with E-state index in [1.807, 2.05) is 0 Å². The van der Waals surface area contributed by atoms with Crippen LogP contribution in [0.25, 0.3) is 0 Å². The molecule has 0 spiro atoms. The number of rotatable bonds is 6. The first kappa shape index (κ1) is 19.8. The van der Waals surface area contributed by atoms with Gasteiger partial charge in [-0.2, -0.15) is 0 Å². The number of aromatic carboxylic acids is 1. The van der Waals surface area contributed by atoms with E-state index < -0.39 is 21.2 Å². The molecular formula is C19H26N2O5S. The fourth-order valence-corrected chi connectivity index (χ4v) is 5.40. The van der Waals surface area contributed by atoms with Gasteiger partial charge in [0.2, 0.25) is 15.9 Å². The smallest absolute Gasteiger partial charge is 0.335 e. The number of nitrogens with one attached hydrogen (secondary N) is 1. The third-order valence-electron chi connectivity index (χ3n) is 5.48. The molecular weight excluding hydrogens is 368 g/mol. The van der Waals surface area contributed by atoms with E-state index in [4.69, 9.17) is 5.11 Å². The lowest BCUT2D eigenvalue weighted by molar-refractivity contribution is -0.136. The van der Waals surface area contributed by atoms with Crippen LogP contribution in [0.5, 0.6) is 0 Å². The van der Waals surface area contributed by atoms with Crippen LogP contribution in [-0.2, 0) is 21.4 Å². The molecule has 0 aromatic heterocycles. The van der Waals surface area contributed by atoms with Crippen LogP contribution < -0.4 is 4.72 Å². The number of carboxylic acid groups (broad SMARTS) is 1. The molecule has 1 aliphatic carbocycles. The number of likely N-dealkylation sites (tertiary alicyclic amines) is 1. The molecule has 8 heteroatoms. The molecule has 1 saturated carbocycles. The fraction of sp³-hybridized carbons (Fsp3) is 0.579. The molecule has 1 heterocycles. The van der Waals surface area contributed by atoms with Crippen LogP contribution in [-0.4, -0.2) is 48.6 Å². The maximum Gasteiger partial charge on any atom is 0.335 e. The van der Waals surface area contributed by atoms with Crippen molar-refractivity contribution in [3.63, 3.8) is 0 Å². The normalized spacial score (nSPS) is 21.3. The molecule has 27 heavy (non-hydrogen) atoms. The van der Waals surface area contributed by atoms with Crippen LogP contribution >= 0.6 is 0 Å². The molecule has 3 rings (SSSR count). The van der Waals surface area contributed by atoms with Crippen molar-refractivity contribution in [3.8, 4) is 0 Å². The summed E-state index contributed by atoms with van der Waals surface area (Å²) in [6, 6.07) is 6.21.